The molecule has 0 atom stereocenters. The van der Waals surface area contributed by atoms with Gasteiger partial charge in [0.1, 0.15) is 0 Å². The van der Waals surface area contributed by atoms with Gasteiger partial charge in [-0.05, 0) is 40.8 Å². The molecule has 0 nitrogen and oxygen atoms in total. The van der Waals surface area contributed by atoms with E-state index in [0.29, 0.717) is 0 Å². The molecule has 1 radical (unpaired) electrons. The summed E-state index contributed by atoms with van der Waals surface area (Å²) in [6.45, 7) is 0. The van der Waals surface area contributed by atoms with Gasteiger partial charge in [-0.25, -0.2) is 0 Å². The van der Waals surface area contributed by atoms with Crippen LogP contribution in [0.1, 0.15) is 0 Å². The zero-order chi connectivity index (χ0) is 10.1. The highest BCUT2D eigenvalue weighted by molar-refractivity contribution is 7.17. The molecule has 0 spiro atoms. The van der Waals surface area contributed by atoms with E-state index in [0.717, 1.165) is 0 Å². The van der Waals surface area contributed by atoms with Gasteiger partial charge in [0.25, 0.3) is 0 Å². The number of benzene rings is 2. The molecule has 0 unspecified atom stereocenters. The van der Waals surface area contributed by atoms with E-state index in [4.69, 9.17) is 0 Å². The van der Waals surface area contributed by atoms with Crippen molar-refractivity contribution in [1.29, 1.82) is 0 Å². The van der Waals surface area contributed by atoms with Crippen molar-refractivity contribution in [2.75, 3.05) is 0 Å². The van der Waals surface area contributed by atoms with Crippen LogP contribution in [0, 0.1) is 6.07 Å². The molecule has 0 fully saturated rings. The molecule has 15 heavy (non-hydrogen) atoms. The second kappa shape index (κ2) is 3.52. The van der Waals surface area contributed by atoms with Crippen molar-refractivity contribution in [1.82, 2.24) is 0 Å². The van der Waals surface area contributed by atoms with Gasteiger partial charge in [-0.2, -0.15) is 0 Å². The van der Waals surface area contributed by atoms with Crippen molar-refractivity contribution in [3.8, 4) is 11.1 Å². The van der Waals surface area contributed by atoms with Crippen molar-refractivity contribution in [2.24, 2.45) is 0 Å². The fraction of sp³-hybridized carbons (Fsp3) is 0. The molecule has 2 aromatic carbocycles. The first-order chi connectivity index (χ1) is 7.43. The van der Waals surface area contributed by atoms with Gasteiger partial charge in [0.05, 0.1) is 0 Å². The van der Waals surface area contributed by atoms with Crippen LogP contribution in [-0.2, 0) is 0 Å². The molecule has 1 heteroatoms. The zero-order valence-electron chi connectivity index (χ0n) is 8.10. The lowest BCUT2D eigenvalue weighted by Gasteiger charge is -2.00. The highest BCUT2D eigenvalue weighted by Crippen LogP contribution is 2.26. The van der Waals surface area contributed by atoms with E-state index in [1.807, 2.05) is 6.07 Å². The zero-order valence-corrected chi connectivity index (χ0v) is 8.92. The number of hydrogen-bond acceptors (Lipinski definition) is 1. The summed E-state index contributed by atoms with van der Waals surface area (Å²) >= 11 is 1.76. The quantitative estimate of drug-likeness (QED) is 0.558. The molecule has 0 aliphatic carbocycles. The lowest BCUT2D eigenvalue weighted by molar-refractivity contribution is 1.65. The Bertz CT molecular complexity index is 578. The molecular weight excluding hydrogens is 200 g/mol. The first kappa shape index (κ1) is 8.69. The van der Waals surface area contributed by atoms with Crippen LogP contribution in [0.25, 0.3) is 21.2 Å². The Hall–Kier alpha value is -1.60. The third-order valence-electron chi connectivity index (χ3n) is 2.47. The highest BCUT2D eigenvalue weighted by Gasteiger charge is 1.99. The molecule has 1 aromatic heterocycles. The van der Waals surface area contributed by atoms with Crippen LogP contribution in [0.4, 0.5) is 0 Å². The van der Waals surface area contributed by atoms with Crippen LogP contribution >= 0.6 is 11.3 Å². The summed E-state index contributed by atoms with van der Waals surface area (Å²) in [5.41, 5.74) is 2.50. The Morgan fingerprint density at radius 2 is 1.80 bits per heavy atom. The third kappa shape index (κ3) is 1.55. The molecule has 3 rings (SSSR count). The molecule has 1 heterocycles. The van der Waals surface area contributed by atoms with Crippen LogP contribution < -0.4 is 0 Å². The van der Waals surface area contributed by atoms with Crippen LogP contribution in [0.3, 0.4) is 0 Å². The summed E-state index contributed by atoms with van der Waals surface area (Å²) in [5.74, 6) is 0. The first-order valence-electron chi connectivity index (χ1n) is 4.88. The molecule has 3 aromatic rings. The topological polar surface area (TPSA) is 0 Å². The number of fused-ring (bicyclic) bond motifs is 1. The van der Waals surface area contributed by atoms with Crippen molar-refractivity contribution >= 4 is 21.4 Å². The van der Waals surface area contributed by atoms with Crippen LogP contribution in [0.15, 0.2) is 53.9 Å². The minimum Gasteiger partial charge on any atom is -0.144 e. The molecule has 0 amide bonds. The molecule has 0 saturated heterocycles. The largest absolute Gasteiger partial charge is 0.144 e. The average Bonchev–Trinajstić information content (AvgIpc) is 2.77. The van der Waals surface area contributed by atoms with Crippen molar-refractivity contribution in [2.45, 2.75) is 0 Å². The monoisotopic (exact) mass is 209 g/mol. The van der Waals surface area contributed by atoms with E-state index in [9.17, 15) is 0 Å². The van der Waals surface area contributed by atoms with Crippen molar-refractivity contribution < 1.29 is 0 Å². The van der Waals surface area contributed by atoms with E-state index in [2.05, 4.69) is 53.9 Å². The Kier molecular flexibility index (Phi) is 2.04. The van der Waals surface area contributed by atoms with Gasteiger partial charge in [-0.15, -0.1) is 11.3 Å². The van der Waals surface area contributed by atoms with Gasteiger partial charge in [0.2, 0.25) is 0 Å². The summed E-state index contributed by atoms with van der Waals surface area (Å²) in [4.78, 5) is 0. The summed E-state index contributed by atoms with van der Waals surface area (Å²) in [5, 5.41) is 3.32. The third-order valence-corrected chi connectivity index (χ3v) is 3.34. The maximum absolute atomic E-state index is 3.31. The fourth-order valence-electron chi connectivity index (χ4n) is 1.69. The van der Waals surface area contributed by atoms with Gasteiger partial charge < -0.3 is 0 Å². The minimum atomic E-state index is 1.21. The Morgan fingerprint density at radius 1 is 0.933 bits per heavy atom. The lowest BCUT2D eigenvalue weighted by Crippen LogP contribution is -1.75. The maximum atomic E-state index is 3.31. The lowest BCUT2D eigenvalue weighted by atomic mass is 10.1. The number of thiophene rings is 1. The van der Waals surface area contributed by atoms with Gasteiger partial charge in [-0.3, -0.25) is 0 Å². The van der Waals surface area contributed by atoms with Crippen molar-refractivity contribution in [3.63, 3.8) is 0 Å². The van der Waals surface area contributed by atoms with E-state index in [1.54, 1.807) is 11.3 Å². The fourth-order valence-corrected chi connectivity index (χ4v) is 2.49. The van der Waals surface area contributed by atoms with E-state index in [-0.39, 0.29) is 0 Å². The second-order valence-corrected chi connectivity index (χ2v) is 4.40. The SMILES string of the molecule is [c]1cc(-c2ccccc2)cc2sccc12. The summed E-state index contributed by atoms with van der Waals surface area (Å²) in [6.07, 6.45) is 0. The Balaban J connectivity index is 2.19. The number of rotatable bonds is 1. The van der Waals surface area contributed by atoms with E-state index in [1.165, 1.54) is 21.2 Å². The van der Waals surface area contributed by atoms with Gasteiger partial charge in [0.15, 0.2) is 0 Å². The predicted molar refractivity (Wildman–Crippen MR) is 66.1 cm³/mol. The highest BCUT2D eigenvalue weighted by atomic mass is 32.1. The molecule has 0 aliphatic rings. The summed E-state index contributed by atoms with van der Waals surface area (Å²) < 4.78 is 1.30. The smallest absolute Gasteiger partial charge is 0.0355 e. The van der Waals surface area contributed by atoms with E-state index >= 15 is 0 Å². The van der Waals surface area contributed by atoms with Gasteiger partial charge in [-0.1, -0.05) is 30.3 Å². The van der Waals surface area contributed by atoms with Gasteiger partial charge in [0, 0.05) is 10.1 Å². The molecule has 0 saturated carbocycles. The summed E-state index contributed by atoms with van der Waals surface area (Å²) in [6, 6.07) is 20.1. The summed E-state index contributed by atoms with van der Waals surface area (Å²) in [7, 11) is 0. The molecule has 0 aliphatic heterocycles. The molecule has 0 N–H and O–H groups in total. The van der Waals surface area contributed by atoms with E-state index < -0.39 is 0 Å². The van der Waals surface area contributed by atoms with Crippen LogP contribution in [0.2, 0.25) is 0 Å². The minimum absolute atomic E-state index is 1.21. The Morgan fingerprint density at radius 3 is 2.67 bits per heavy atom. The molecule has 0 bridgehead atoms. The normalized spacial score (nSPS) is 10.7. The average molecular weight is 209 g/mol. The second-order valence-electron chi connectivity index (χ2n) is 3.45. The predicted octanol–water partition coefficient (Wildman–Crippen LogP) is 4.37. The van der Waals surface area contributed by atoms with Gasteiger partial charge >= 0.3 is 0 Å². The molecule has 71 valence electrons. The Labute approximate surface area is 92.8 Å². The van der Waals surface area contributed by atoms with Crippen molar-refractivity contribution in [3.05, 3.63) is 60.0 Å². The van der Waals surface area contributed by atoms with Crippen LogP contribution in [-0.4, -0.2) is 0 Å². The maximum Gasteiger partial charge on any atom is 0.0355 e. The first-order valence-corrected chi connectivity index (χ1v) is 5.76. The standard InChI is InChI=1S/C14H9S/c1-2-4-11(5-3-1)13-7-6-12-8-9-15-14(12)10-13/h1-5,7-10H. The van der Waals surface area contributed by atoms with Crippen LogP contribution in [0.5, 0.6) is 0 Å². The number of hydrogen-bond donors (Lipinski definition) is 0. The molecular formula is C14H9S.